The van der Waals surface area contributed by atoms with Crippen LogP contribution in [0.3, 0.4) is 0 Å². The molecule has 2 aromatic carbocycles. The number of ether oxygens (including phenoxy) is 1. The first kappa shape index (κ1) is 22.7. The van der Waals surface area contributed by atoms with Gasteiger partial charge in [0.1, 0.15) is 5.75 Å². The first-order chi connectivity index (χ1) is 16.3. The lowest BCUT2D eigenvalue weighted by molar-refractivity contribution is -0.385. The Balaban J connectivity index is 1.37. The van der Waals surface area contributed by atoms with E-state index in [0.717, 1.165) is 43.0 Å². The summed E-state index contributed by atoms with van der Waals surface area (Å²) in [5, 5.41) is 11.6. The van der Waals surface area contributed by atoms with Crippen molar-refractivity contribution in [2.24, 2.45) is 0 Å². The summed E-state index contributed by atoms with van der Waals surface area (Å²) >= 11 is 0. The van der Waals surface area contributed by atoms with Crippen LogP contribution in [-0.4, -0.2) is 45.4 Å². The van der Waals surface area contributed by atoms with E-state index in [1.165, 1.54) is 6.07 Å². The Morgan fingerprint density at radius 1 is 1.03 bits per heavy atom. The van der Waals surface area contributed by atoms with Gasteiger partial charge >= 0.3 is 13.4 Å². The van der Waals surface area contributed by atoms with Crippen molar-refractivity contribution in [1.29, 1.82) is 0 Å². The maximum Gasteiger partial charge on any atom is 0.346 e. The van der Waals surface area contributed by atoms with E-state index in [2.05, 4.69) is 4.98 Å². The van der Waals surface area contributed by atoms with Crippen molar-refractivity contribution in [3.63, 3.8) is 0 Å². The molecule has 10 heteroatoms. The molecule has 1 atom stereocenters. The van der Waals surface area contributed by atoms with E-state index in [1.807, 2.05) is 46.6 Å². The topological polar surface area (TPSA) is 97.6 Å². The van der Waals surface area contributed by atoms with Crippen LogP contribution in [0, 0.1) is 17.0 Å². The molecule has 0 N–H and O–H groups in total. The molecule has 2 aliphatic heterocycles. The van der Waals surface area contributed by atoms with Crippen LogP contribution in [0.15, 0.2) is 60.8 Å². The van der Waals surface area contributed by atoms with E-state index in [-0.39, 0.29) is 11.4 Å². The molecule has 176 valence electrons. The van der Waals surface area contributed by atoms with Crippen molar-refractivity contribution in [2.75, 3.05) is 26.2 Å². The van der Waals surface area contributed by atoms with Crippen LogP contribution in [0.4, 0.5) is 5.69 Å². The lowest BCUT2D eigenvalue weighted by atomic mass is 10.1. The molecule has 1 unspecified atom stereocenters. The van der Waals surface area contributed by atoms with E-state index < -0.39 is 18.7 Å². The summed E-state index contributed by atoms with van der Waals surface area (Å²) in [6.45, 7) is 6.82. The highest BCUT2D eigenvalue weighted by molar-refractivity contribution is 7.54. The fourth-order valence-corrected chi connectivity index (χ4v) is 6.00. The van der Waals surface area contributed by atoms with Gasteiger partial charge < -0.3 is 4.74 Å². The van der Waals surface area contributed by atoms with Gasteiger partial charge in [-0.3, -0.25) is 24.2 Å². The van der Waals surface area contributed by atoms with Crippen LogP contribution in [0.1, 0.15) is 24.2 Å². The number of nitrogens with zero attached hydrogens (tertiary/aromatic N) is 4. The number of hydrogen-bond donors (Lipinski definition) is 0. The van der Waals surface area contributed by atoms with Crippen molar-refractivity contribution in [3.05, 3.63) is 82.0 Å². The zero-order valence-electron chi connectivity index (χ0n) is 19.0. The van der Waals surface area contributed by atoms with Gasteiger partial charge in [-0.25, -0.2) is 9.34 Å². The average molecular weight is 480 g/mol. The second kappa shape index (κ2) is 8.92. The predicted molar refractivity (Wildman–Crippen MR) is 128 cm³/mol. The molecule has 0 bridgehead atoms. The van der Waals surface area contributed by atoms with Crippen molar-refractivity contribution >= 4 is 13.4 Å². The van der Waals surface area contributed by atoms with Crippen LogP contribution in [0.5, 0.6) is 11.5 Å². The standard InChI is InChI=1S/C24H25N4O5P/c1-17-3-5-19(6-4-17)22-9-8-21(16-25-22)32-24-15-20(7-10-23(24)28(29)30)18(2)33-34(31,26-11-12-26)27-13-14-27/h3-10,15-16,18H,11-14H2,1-2H3. The van der Waals surface area contributed by atoms with E-state index in [9.17, 15) is 14.7 Å². The Morgan fingerprint density at radius 3 is 2.26 bits per heavy atom. The van der Waals surface area contributed by atoms with Crippen molar-refractivity contribution in [3.8, 4) is 22.8 Å². The van der Waals surface area contributed by atoms with Crippen molar-refractivity contribution in [1.82, 2.24) is 14.3 Å². The quantitative estimate of drug-likeness (QED) is 0.170. The fraction of sp³-hybridized carbons (Fsp3) is 0.292. The van der Waals surface area contributed by atoms with Gasteiger partial charge in [-0.2, -0.15) is 0 Å². The monoisotopic (exact) mass is 480 g/mol. The highest BCUT2D eigenvalue weighted by atomic mass is 31.2. The first-order valence-electron chi connectivity index (χ1n) is 11.1. The normalized spacial score (nSPS) is 16.8. The molecule has 3 heterocycles. The van der Waals surface area contributed by atoms with Gasteiger partial charge in [-0.05, 0) is 43.7 Å². The Labute approximate surface area is 197 Å². The molecule has 1 aromatic heterocycles. The number of aryl methyl sites for hydroxylation is 1. The lowest BCUT2D eigenvalue weighted by Gasteiger charge is -2.24. The van der Waals surface area contributed by atoms with E-state index in [1.54, 1.807) is 31.3 Å². The third kappa shape index (κ3) is 4.74. The molecule has 34 heavy (non-hydrogen) atoms. The summed E-state index contributed by atoms with van der Waals surface area (Å²) in [6, 6.07) is 16.1. The summed E-state index contributed by atoms with van der Waals surface area (Å²) in [5.74, 6) is 0.458. The molecule has 5 rings (SSSR count). The minimum absolute atomic E-state index is 0.0797. The highest BCUT2D eigenvalue weighted by Gasteiger charge is 2.50. The zero-order valence-corrected chi connectivity index (χ0v) is 19.9. The number of benzene rings is 2. The SMILES string of the molecule is Cc1ccc(-c2ccc(Oc3cc(C(C)OP(=O)(N4CC4)N4CC4)ccc3[N+](=O)[O-])cn2)cc1. The molecular formula is C24H25N4O5P. The Bertz CT molecular complexity index is 1240. The molecule has 0 saturated carbocycles. The lowest BCUT2D eigenvalue weighted by Crippen LogP contribution is -2.10. The largest absolute Gasteiger partial charge is 0.448 e. The van der Waals surface area contributed by atoms with E-state index >= 15 is 0 Å². The zero-order chi connectivity index (χ0) is 23.9. The second-order valence-electron chi connectivity index (χ2n) is 8.48. The number of rotatable bonds is 9. The van der Waals surface area contributed by atoms with Crippen LogP contribution >= 0.6 is 7.67 Å². The van der Waals surface area contributed by atoms with Gasteiger partial charge in [0.05, 0.1) is 22.9 Å². The Hall–Kier alpha value is -3.10. The van der Waals surface area contributed by atoms with Gasteiger partial charge in [0, 0.05) is 37.8 Å². The minimum atomic E-state index is -3.03. The Morgan fingerprint density at radius 2 is 1.71 bits per heavy atom. The molecular weight excluding hydrogens is 455 g/mol. The maximum absolute atomic E-state index is 13.3. The van der Waals surface area contributed by atoms with Crippen molar-refractivity contribution < 1.29 is 18.7 Å². The van der Waals surface area contributed by atoms with Gasteiger partial charge in [-0.1, -0.05) is 29.8 Å². The van der Waals surface area contributed by atoms with Gasteiger partial charge in [0.2, 0.25) is 5.75 Å². The fourth-order valence-electron chi connectivity index (χ4n) is 3.65. The minimum Gasteiger partial charge on any atom is -0.448 e. The molecule has 0 radical (unpaired) electrons. The summed E-state index contributed by atoms with van der Waals surface area (Å²) in [6.07, 6.45) is 1.01. The highest BCUT2D eigenvalue weighted by Crippen LogP contribution is 2.63. The molecule has 0 aliphatic carbocycles. The number of pyridine rings is 1. The molecule has 2 saturated heterocycles. The number of nitro benzene ring substituents is 1. The summed E-state index contributed by atoms with van der Waals surface area (Å²) in [5.41, 5.74) is 3.39. The molecule has 2 aliphatic rings. The number of nitro groups is 1. The number of hydrogen-bond acceptors (Lipinski definition) is 6. The van der Waals surface area contributed by atoms with Crippen LogP contribution < -0.4 is 4.74 Å². The predicted octanol–water partition coefficient (Wildman–Crippen LogP) is 5.57. The second-order valence-corrected chi connectivity index (χ2v) is 10.8. The van der Waals surface area contributed by atoms with Gasteiger partial charge in [0.25, 0.3) is 0 Å². The average Bonchev–Trinajstić information content (AvgIpc) is 3.72. The van der Waals surface area contributed by atoms with Crippen LogP contribution in [0.2, 0.25) is 0 Å². The van der Waals surface area contributed by atoms with E-state index in [0.29, 0.717) is 11.3 Å². The summed E-state index contributed by atoms with van der Waals surface area (Å²) < 4.78 is 28.9. The third-order valence-corrected chi connectivity index (χ3v) is 8.64. The van der Waals surface area contributed by atoms with Crippen LogP contribution in [-0.2, 0) is 9.09 Å². The first-order valence-corrected chi connectivity index (χ1v) is 12.6. The Kier molecular flexibility index (Phi) is 5.95. The summed E-state index contributed by atoms with van der Waals surface area (Å²) in [7, 11) is -3.03. The van der Waals surface area contributed by atoms with Gasteiger partial charge in [0.15, 0.2) is 0 Å². The molecule has 2 fully saturated rings. The molecule has 3 aromatic rings. The molecule has 0 spiro atoms. The summed E-state index contributed by atoms with van der Waals surface area (Å²) in [4.78, 5) is 15.6. The van der Waals surface area contributed by atoms with E-state index in [4.69, 9.17) is 9.26 Å². The van der Waals surface area contributed by atoms with Crippen molar-refractivity contribution in [2.45, 2.75) is 20.0 Å². The number of aromatic nitrogens is 1. The molecule has 9 nitrogen and oxygen atoms in total. The van der Waals surface area contributed by atoms with Gasteiger partial charge in [-0.15, -0.1) is 0 Å². The third-order valence-electron chi connectivity index (χ3n) is 5.82. The van der Waals surface area contributed by atoms with Crippen LogP contribution in [0.25, 0.3) is 11.3 Å². The maximum atomic E-state index is 13.3. The molecule has 0 amide bonds. The smallest absolute Gasteiger partial charge is 0.346 e.